The third-order valence-electron chi connectivity index (χ3n) is 2.88. The van der Waals surface area contributed by atoms with Crippen LogP contribution in [0.2, 0.25) is 0 Å². The molecule has 0 aliphatic carbocycles. The van der Waals surface area contributed by atoms with Crippen LogP contribution >= 0.6 is 15.9 Å². The summed E-state index contributed by atoms with van der Waals surface area (Å²) in [7, 11) is 0. The zero-order chi connectivity index (χ0) is 14.0. The number of hydrogen-bond acceptors (Lipinski definition) is 1. The number of carbonyl (C=O) groups is 1. The van der Waals surface area contributed by atoms with E-state index in [1.807, 2.05) is 25.1 Å². The van der Waals surface area contributed by atoms with Gasteiger partial charge in [0, 0.05) is 15.7 Å². The van der Waals surface area contributed by atoms with Crippen LogP contribution in [0.3, 0.4) is 0 Å². The fourth-order valence-corrected chi connectivity index (χ4v) is 2.27. The van der Waals surface area contributed by atoms with E-state index in [0.29, 0.717) is 5.56 Å². The molecule has 0 radical (unpaired) electrons. The lowest BCUT2D eigenvalue weighted by Gasteiger charge is -2.10. The van der Waals surface area contributed by atoms with Crippen LogP contribution in [0.4, 0.5) is 10.1 Å². The Hall–Kier alpha value is -1.68. The van der Waals surface area contributed by atoms with E-state index in [2.05, 4.69) is 21.2 Å². The summed E-state index contributed by atoms with van der Waals surface area (Å²) >= 11 is 3.37. The van der Waals surface area contributed by atoms with Crippen molar-refractivity contribution >= 4 is 27.5 Å². The molecule has 0 fully saturated rings. The SMILES string of the molecule is Cc1cc(Br)ccc1NC(=O)c1cc(F)ccc1C. The molecule has 2 aromatic carbocycles. The highest BCUT2D eigenvalue weighted by molar-refractivity contribution is 9.10. The molecular formula is C15H13BrFNO. The number of amides is 1. The molecule has 1 N–H and O–H groups in total. The summed E-state index contributed by atoms with van der Waals surface area (Å²) in [5.41, 5.74) is 2.75. The number of anilines is 1. The van der Waals surface area contributed by atoms with Crippen LogP contribution in [0, 0.1) is 19.7 Å². The molecule has 2 aromatic rings. The molecule has 2 nitrogen and oxygen atoms in total. The number of nitrogens with one attached hydrogen (secondary N) is 1. The van der Waals surface area contributed by atoms with Crippen molar-refractivity contribution in [1.29, 1.82) is 0 Å². The summed E-state index contributed by atoms with van der Waals surface area (Å²) in [5, 5.41) is 2.80. The van der Waals surface area contributed by atoms with Gasteiger partial charge in [-0.3, -0.25) is 4.79 Å². The molecule has 0 atom stereocenters. The second kappa shape index (κ2) is 5.53. The quantitative estimate of drug-likeness (QED) is 0.869. The number of benzene rings is 2. The normalized spacial score (nSPS) is 10.3. The van der Waals surface area contributed by atoms with Crippen molar-refractivity contribution in [3.8, 4) is 0 Å². The van der Waals surface area contributed by atoms with E-state index in [0.717, 1.165) is 21.3 Å². The average molecular weight is 322 g/mol. The number of hydrogen-bond donors (Lipinski definition) is 1. The predicted molar refractivity (Wildman–Crippen MR) is 78.0 cm³/mol. The summed E-state index contributed by atoms with van der Waals surface area (Å²) in [4.78, 5) is 12.1. The first kappa shape index (κ1) is 13.7. The van der Waals surface area contributed by atoms with Gasteiger partial charge < -0.3 is 5.32 Å². The van der Waals surface area contributed by atoms with Crippen molar-refractivity contribution in [2.75, 3.05) is 5.32 Å². The van der Waals surface area contributed by atoms with Crippen molar-refractivity contribution in [3.05, 3.63) is 63.4 Å². The van der Waals surface area contributed by atoms with E-state index < -0.39 is 5.82 Å². The van der Waals surface area contributed by atoms with Gasteiger partial charge in [-0.15, -0.1) is 0 Å². The summed E-state index contributed by atoms with van der Waals surface area (Å²) in [6.07, 6.45) is 0. The van der Waals surface area contributed by atoms with Crippen LogP contribution in [0.1, 0.15) is 21.5 Å². The fourth-order valence-electron chi connectivity index (χ4n) is 1.80. The Labute approximate surface area is 119 Å². The van der Waals surface area contributed by atoms with Crippen LogP contribution < -0.4 is 5.32 Å². The summed E-state index contributed by atoms with van der Waals surface area (Å²) in [6.45, 7) is 3.68. The van der Waals surface area contributed by atoms with Gasteiger partial charge in [0.1, 0.15) is 5.82 Å². The van der Waals surface area contributed by atoms with Crippen molar-refractivity contribution in [1.82, 2.24) is 0 Å². The molecule has 0 saturated heterocycles. The maximum Gasteiger partial charge on any atom is 0.256 e. The molecule has 0 aliphatic heterocycles. The van der Waals surface area contributed by atoms with Crippen molar-refractivity contribution in [3.63, 3.8) is 0 Å². The van der Waals surface area contributed by atoms with E-state index in [4.69, 9.17) is 0 Å². The average Bonchev–Trinajstić information content (AvgIpc) is 2.35. The zero-order valence-electron chi connectivity index (χ0n) is 10.6. The molecule has 0 saturated carbocycles. The molecular weight excluding hydrogens is 309 g/mol. The highest BCUT2D eigenvalue weighted by Gasteiger charge is 2.11. The number of carbonyl (C=O) groups excluding carboxylic acids is 1. The first-order valence-corrected chi connectivity index (χ1v) is 6.60. The van der Waals surface area contributed by atoms with Crippen LogP contribution in [-0.2, 0) is 0 Å². The molecule has 0 spiro atoms. The van der Waals surface area contributed by atoms with E-state index in [-0.39, 0.29) is 5.91 Å². The van der Waals surface area contributed by atoms with Gasteiger partial charge in [-0.05, 0) is 55.3 Å². The summed E-state index contributed by atoms with van der Waals surface area (Å²) in [5.74, 6) is -0.717. The van der Waals surface area contributed by atoms with Gasteiger partial charge in [-0.25, -0.2) is 4.39 Å². The molecule has 98 valence electrons. The van der Waals surface area contributed by atoms with Gasteiger partial charge in [-0.2, -0.15) is 0 Å². The first-order valence-electron chi connectivity index (χ1n) is 5.81. The molecule has 0 unspecified atom stereocenters. The number of halogens is 2. The molecule has 0 aliphatic rings. The van der Waals surface area contributed by atoms with Gasteiger partial charge in [0.25, 0.3) is 5.91 Å². The van der Waals surface area contributed by atoms with Gasteiger partial charge in [0.2, 0.25) is 0 Å². The third kappa shape index (κ3) is 3.20. The van der Waals surface area contributed by atoms with Crippen molar-refractivity contribution in [2.24, 2.45) is 0 Å². The molecule has 0 heterocycles. The van der Waals surface area contributed by atoms with Gasteiger partial charge in [0.05, 0.1) is 0 Å². The van der Waals surface area contributed by atoms with Gasteiger partial charge in [0.15, 0.2) is 0 Å². The second-order valence-corrected chi connectivity index (χ2v) is 5.29. The van der Waals surface area contributed by atoms with E-state index in [1.54, 1.807) is 13.0 Å². The van der Waals surface area contributed by atoms with Crippen LogP contribution in [0.15, 0.2) is 40.9 Å². The number of aryl methyl sites for hydroxylation is 2. The van der Waals surface area contributed by atoms with Crippen molar-refractivity contribution < 1.29 is 9.18 Å². The Bertz CT molecular complexity index is 640. The molecule has 2 rings (SSSR count). The Morgan fingerprint density at radius 1 is 1.11 bits per heavy atom. The maximum absolute atomic E-state index is 13.2. The maximum atomic E-state index is 13.2. The Balaban J connectivity index is 2.28. The van der Waals surface area contributed by atoms with Gasteiger partial charge in [-0.1, -0.05) is 22.0 Å². The topological polar surface area (TPSA) is 29.1 Å². The number of rotatable bonds is 2. The standard InChI is InChI=1S/C15H13BrFNO/c1-9-3-5-12(17)8-13(9)15(19)18-14-6-4-11(16)7-10(14)2/h3-8H,1-2H3,(H,18,19). The van der Waals surface area contributed by atoms with E-state index >= 15 is 0 Å². The lowest BCUT2D eigenvalue weighted by molar-refractivity contribution is 0.102. The Morgan fingerprint density at radius 3 is 2.53 bits per heavy atom. The predicted octanol–water partition coefficient (Wildman–Crippen LogP) is 4.46. The lowest BCUT2D eigenvalue weighted by Crippen LogP contribution is -2.14. The van der Waals surface area contributed by atoms with Crippen LogP contribution in [0.25, 0.3) is 0 Å². The Morgan fingerprint density at radius 2 is 1.84 bits per heavy atom. The third-order valence-corrected chi connectivity index (χ3v) is 3.37. The first-order chi connectivity index (χ1) is 8.97. The lowest BCUT2D eigenvalue weighted by atomic mass is 10.1. The summed E-state index contributed by atoms with van der Waals surface area (Å²) in [6, 6.07) is 9.76. The van der Waals surface area contributed by atoms with Crippen LogP contribution in [0.5, 0.6) is 0 Å². The highest BCUT2D eigenvalue weighted by Crippen LogP contribution is 2.21. The van der Waals surface area contributed by atoms with E-state index in [9.17, 15) is 9.18 Å². The second-order valence-electron chi connectivity index (χ2n) is 4.37. The molecule has 0 aromatic heterocycles. The van der Waals surface area contributed by atoms with Gasteiger partial charge >= 0.3 is 0 Å². The molecule has 19 heavy (non-hydrogen) atoms. The summed E-state index contributed by atoms with van der Waals surface area (Å²) < 4.78 is 14.1. The molecule has 1 amide bonds. The minimum atomic E-state index is -0.414. The zero-order valence-corrected chi connectivity index (χ0v) is 12.2. The molecule has 0 bridgehead atoms. The molecule has 4 heteroatoms. The fraction of sp³-hybridized carbons (Fsp3) is 0.133. The minimum absolute atomic E-state index is 0.303. The monoisotopic (exact) mass is 321 g/mol. The van der Waals surface area contributed by atoms with Crippen LogP contribution in [-0.4, -0.2) is 5.91 Å². The van der Waals surface area contributed by atoms with E-state index in [1.165, 1.54) is 12.1 Å². The van der Waals surface area contributed by atoms with Crippen molar-refractivity contribution in [2.45, 2.75) is 13.8 Å². The Kier molecular flexibility index (Phi) is 4.00. The highest BCUT2D eigenvalue weighted by atomic mass is 79.9. The largest absolute Gasteiger partial charge is 0.322 e. The minimum Gasteiger partial charge on any atom is -0.322 e. The smallest absolute Gasteiger partial charge is 0.256 e.